The van der Waals surface area contributed by atoms with Gasteiger partial charge in [-0.2, -0.15) is 0 Å². The molecule has 0 saturated carbocycles. The molecular formula is C15H20N6O2S. The van der Waals surface area contributed by atoms with Crippen LogP contribution in [0.1, 0.15) is 6.92 Å². The molecule has 9 heteroatoms. The molecule has 0 aliphatic carbocycles. The van der Waals surface area contributed by atoms with Crippen molar-refractivity contribution >= 4 is 22.5 Å². The summed E-state index contributed by atoms with van der Waals surface area (Å²) in [6, 6.07) is 5.34. The monoisotopic (exact) mass is 348 g/mol. The molecule has 1 saturated heterocycles. The zero-order chi connectivity index (χ0) is 16.8. The van der Waals surface area contributed by atoms with E-state index in [1.54, 1.807) is 6.20 Å². The van der Waals surface area contributed by atoms with Crippen molar-refractivity contribution in [2.24, 2.45) is 0 Å². The number of ether oxygens (including phenoxy) is 1. The number of anilines is 1. The predicted octanol–water partition coefficient (Wildman–Crippen LogP) is 1.44. The SMILES string of the molecule is C[C@H](CN1CCOCC1)NC(=O)Nc1nnc(-c2ccccn2)s1. The van der Waals surface area contributed by atoms with Crippen molar-refractivity contribution < 1.29 is 9.53 Å². The second-order valence-electron chi connectivity index (χ2n) is 5.54. The minimum Gasteiger partial charge on any atom is -0.379 e. The molecule has 8 nitrogen and oxygen atoms in total. The lowest BCUT2D eigenvalue weighted by atomic mass is 10.3. The molecule has 0 spiro atoms. The molecule has 2 aromatic rings. The molecule has 1 atom stereocenters. The van der Waals surface area contributed by atoms with Gasteiger partial charge in [-0.25, -0.2) is 4.79 Å². The summed E-state index contributed by atoms with van der Waals surface area (Å²) in [4.78, 5) is 18.6. The minimum absolute atomic E-state index is 0.0336. The topological polar surface area (TPSA) is 92.3 Å². The van der Waals surface area contributed by atoms with Gasteiger partial charge in [0.2, 0.25) is 5.13 Å². The number of carbonyl (C=O) groups is 1. The normalized spacial score (nSPS) is 16.5. The predicted molar refractivity (Wildman–Crippen MR) is 92.0 cm³/mol. The number of hydrogen-bond donors (Lipinski definition) is 2. The van der Waals surface area contributed by atoms with Crippen LogP contribution in [0.15, 0.2) is 24.4 Å². The van der Waals surface area contributed by atoms with Gasteiger partial charge in [0, 0.05) is 31.9 Å². The Bertz CT molecular complexity index is 659. The lowest BCUT2D eigenvalue weighted by Crippen LogP contribution is -2.47. The molecule has 128 valence electrons. The number of aromatic nitrogens is 3. The van der Waals surface area contributed by atoms with Gasteiger partial charge in [0.05, 0.1) is 13.2 Å². The first kappa shape index (κ1) is 16.7. The molecule has 2 aromatic heterocycles. The molecule has 3 rings (SSSR count). The maximum atomic E-state index is 12.1. The second kappa shape index (κ2) is 8.13. The first-order valence-corrected chi connectivity index (χ1v) is 8.65. The largest absolute Gasteiger partial charge is 0.379 e. The second-order valence-corrected chi connectivity index (χ2v) is 6.52. The number of morpholine rings is 1. The molecule has 0 unspecified atom stereocenters. The molecule has 1 fully saturated rings. The summed E-state index contributed by atoms with van der Waals surface area (Å²) in [5.41, 5.74) is 0.740. The van der Waals surface area contributed by atoms with Crippen molar-refractivity contribution in [3.05, 3.63) is 24.4 Å². The van der Waals surface area contributed by atoms with Crippen molar-refractivity contribution in [2.45, 2.75) is 13.0 Å². The van der Waals surface area contributed by atoms with Gasteiger partial charge in [-0.3, -0.25) is 15.2 Å². The summed E-state index contributed by atoms with van der Waals surface area (Å²) in [6.07, 6.45) is 1.70. The van der Waals surface area contributed by atoms with Gasteiger partial charge in [-0.15, -0.1) is 10.2 Å². The third-order valence-electron chi connectivity index (χ3n) is 3.54. The van der Waals surface area contributed by atoms with Gasteiger partial charge in [0.25, 0.3) is 0 Å². The van der Waals surface area contributed by atoms with Crippen LogP contribution >= 0.6 is 11.3 Å². The fourth-order valence-corrected chi connectivity index (χ4v) is 3.16. The number of nitrogens with zero attached hydrogens (tertiary/aromatic N) is 4. The standard InChI is InChI=1S/C15H20N6O2S/c1-11(10-21-6-8-23-9-7-21)17-14(22)18-15-20-19-13(24-15)12-4-2-3-5-16-12/h2-5,11H,6-10H2,1H3,(H2,17,18,20,22)/t11-/m1/s1. The van der Waals surface area contributed by atoms with Gasteiger partial charge < -0.3 is 10.1 Å². The van der Waals surface area contributed by atoms with Gasteiger partial charge in [0.15, 0.2) is 5.01 Å². The summed E-state index contributed by atoms with van der Waals surface area (Å²) in [7, 11) is 0. The van der Waals surface area contributed by atoms with Crippen LogP contribution in [-0.4, -0.2) is 65.0 Å². The maximum absolute atomic E-state index is 12.1. The summed E-state index contributed by atoms with van der Waals surface area (Å²) in [5, 5.41) is 14.8. The van der Waals surface area contributed by atoms with Gasteiger partial charge in [-0.1, -0.05) is 17.4 Å². The fraction of sp³-hybridized carbons (Fsp3) is 0.467. The highest BCUT2D eigenvalue weighted by Gasteiger charge is 2.16. The van der Waals surface area contributed by atoms with Crippen LogP contribution in [0.3, 0.4) is 0 Å². The van der Waals surface area contributed by atoms with Crippen LogP contribution in [0.2, 0.25) is 0 Å². The number of rotatable bonds is 5. The number of hydrogen-bond acceptors (Lipinski definition) is 7. The number of nitrogens with one attached hydrogen (secondary N) is 2. The van der Waals surface area contributed by atoms with E-state index in [2.05, 4.69) is 30.7 Å². The van der Waals surface area contributed by atoms with Crippen LogP contribution in [0.5, 0.6) is 0 Å². The highest BCUT2D eigenvalue weighted by molar-refractivity contribution is 7.18. The Morgan fingerprint density at radius 2 is 2.21 bits per heavy atom. The Morgan fingerprint density at radius 1 is 1.38 bits per heavy atom. The highest BCUT2D eigenvalue weighted by atomic mass is 32.1. The number of pyridine rings is 1. The van der Waals surface area contributed by atoms with Crippen LogP contribution in [0, 0.1) is 0 Å². The third-order valence-corrected chi connectivity index (χ3v) is 4.40. The summed E-state index contributed by atoms with van der Waals surface area (Å²) in [6.45, 7) is 6.08. The molecule has 1 aliphatic heterocycles. The Labute approximate surface area is 144 Å². The maximum Gasteiger partial charge on any atom is 0.321 e. The van der Waals surface area contributed by atoms with E-state index in [1.807, 2.05) is 25.1 Å². The van der Waals surface area contributed by atoms with Crippen LogP contribution in [0.4, 0.5) is 9.93 Å². The number of urea groups is 1. The van der Waals surface area contributed by atoms with Crippen LogP contribution in [0.25, 0.3) is 10.7 Å². The molecule has 24 heavy (non-hydrogen) atoms. The Hall–Kier alpha value is -2.10. The summed E-state index contributed by atoms with van der Waals surface area (Å²) in [5.74, 6) is 0. The number of amides is 2. The summed E-state index contributed by atoms with van der Waals surface area (Å²) < 4.78 is 5.32. The average Bonchev–Trinajstić information content (AvgIpc) is 3.04. The Morgan fingerprint density at radius 3 is 2.96 bits per heavy atom. The first-order chi connectivity index (χ1) is 11.7. The first-order valence-electron chi connectivity index (χ1n) is 7.83. The van der Waals surface area contributed by atoms with Crippen LogP contribution in [-0.2, 0) is 4.74 Å². The zero-order valence-corrected chi connectivity index (χ0v) is 14.3. The molecule has 0 aromatic carbocycles. The molecule has 0 radical (unpaired) electrons. The van der Waals surface area contributed by atoms with E-state index >= 15 is 0 Å². The molecule has 0 bridgehead atoms. The molecular weight excluding hydrogens is 328 g/mol. The van der Waals surface area contributed by atoms with Crippen molar-refractivity contribution in [2.75, 3.05) is 38.2 Å². The van der Waals surface area contributed by atoms with E-state index in [0.717, 1.165) is 38.5 Å². The van der Waals surface area contributed by atoms with E-state index in [4.69, 9.17) is 4.74 Å². The Kier molecular flexibility index (Phi) is 5.68. The molecule has 2 N–H and O–H groups in total. The van der Waals surface area contributed by atoms with Crippen molar-refractivity contribution in [1.82, 2.24) is 25.4 Å². The smallest absolute Gasteiger partial charge is 0.321 e. The van der Waals surface area contributed by atoms with E-state index in [0.29, 0.717) is 10.1 Å². The zero-order valence-electron chi connectivity index (χ0n) is 13.4. The number of carbonyl (C=O) groups excluding carboxylic acids is 1. The van der Waals surface area contributed by atoms with Crippen molar-refractivity contribution in [1.29, 1.82) is 0 Å². The summed E-state index contributed by atoms with van der Waals surface area (Å²) >= 11 is 1.29. The highest BCUT2D eigenvalue weighted by Crippen LogP contribution is 2.24. The van der Waals surface area contributed by atoms with E-state index in [-0.39, 0.29) is 12.1 Å². The van der Waals surface area contributed by atoms with Gasteiger partial charge in [-0.05, 0) is 19.1 Å². The van der Waals surface area contributed by atoms with Crippen molar-refractivity contribution in [3.63, 3.8) is 0 Å². The quantitative estimate of drug-likeness (QED) is 0.849. The lowest BCUT2D eigenvalue weighted by Gasteiger charge is -2.29. The Balaban J connectivity index is 1.49. The van der Waals surface area contributed by atoms with Gasteiger partial charge in [0.1, 0.15) is 5.69 Å². The van der Waals surface area contributed by atoms with E-state index in [9.17, 15) is 4.79 Å². The molecule has 3 heterocycles. The lowest BCUT2D eigenvalue weighted by molar-refractivity contribution is 0.0350. The third kappa shape index (κ3) is 4.70. The minimum atomic E-state index is -0.278. The average molecular weight is 348 g/mol. The molecule has 2 amide bonds. The van der Waals surface area contributed by atoms with E-state index < -0.39 is 0 Å². The van der Waals surface area contributed by atoms with E-state index in [1.165, 1.54) is 11.3 Å². The van der Waals surface area contributed by atoms with Crippen LogP contribution < -0.4 is 10.6 Å². The van der Waals surface area contributed by atoms with Gasteiger partial charge >= 0.3 is 6.03 Å². The molecule has 1 aliphatic rings. The fourth-order valence-electron chi connectivity index (χ4n) is 2.44. The van der Waals surface area contributed by atoms with Crippen molar-refractivity contribution in [3.8, 4) is 10.7 Å².